The first kappa shape index (κ1) is 23.0. The zero-order valence-corrected chi connectivity index (χ0v) is 16.6. The maximum atomic E-state index is 12.6. The fourth-order valence-corrected chi connectivity index (χ4v) is 3.71. The number of nitrogens with one attached hydrogen (secondary N) is 1. The number of carbonyl (C=O) groups excluding carboxylic acids is 1. The van der Waals surface area contributed by atoms with Crippen LogP contribution in [0.4, 0.5) is 0 Å². The molecule has 0 spiro atoms. The number of amides is 1. The summed E-state index contributed by atoms with van der Waals surface area (Å²) in [7, 11) is 2.02. The molecule has 0 unspecified atom stereocenters. The molecule has 23 heavy (non-hydrogen) atoms. The molecule has 2 aliphatic rings. The van der Waals surface area contributed by atoms with Crippen LogP contribution in [0.15, 0.2) is 0 Å². The molecule has 0 radical (unpaired) electrons. The maximum absolute atomic E-state index is 12.6. The highest BCUT2D eigenvalue weighted by Crippen LogP contribution is 2.25. The highest BCUT2D eigenvalue weighted by Gasteiger charge is 2.31. The molecule has 2 fully saturated rings. The molecule has 2 aliphatic heterocycles. The van der Waals surface area contributed by atoms with Crippen molar-refractivity contribution in [3.8, 4) is 0 Å². The summed E-state index contributed by atoms with van der Waals surface area (Å²) in [4.78, 5) is 17.3. The van der Waals surface area contributed by atoms with Crippen molar-refractivity contribution in [2.45, 2.75) is 52.0 Å². The largest absolute Gasteiger partial charge is 0.342 e. The lowest BCUT2D eigenvalue weighted by Gasteiger charge is -2.38. The van der Waals surface area contributed by atoms with Gasteiger partial charge in [-0.1, -0.05) is 0 Å². The van der Waals surface area contributed by atoms with E-state index in [1.54, 1.807) is 0 Å². The normalized spacial score (nSPS) is 21.0. The summed E-state index contributed by atoms with van der Waals surface area (Å²) in [5, 5.41) is 3.23. The van der Waals surface area contributed by atoms with Crippen molar-refractivity contribution in [2.75, 3.05) is 39.8 Å². The average Bonchev–Trinajstić information content (AvgIpc) is 2.53. The lowest BCUT2D eigenvalue weighted by molar-refractivity contribution is -0.138. The van der Waals surface area contributed by atoms with Gasteiger partial charge < -0.3 is 15.1 Å². The summed E-state index contributed by atoms with van der Waals surface area (Å²) in [6.07, 6.45) is 5.75. The lowest BCUT2D eigenvalue weighted by Crippen LogP contribution is -2.46. The molecule has 6 heteroatoms. The van der Waals surface area contributed by atoms with Crippen LogP contribution in [0.3, 0.4) is 0 Å². The van der Waals surface area contributed by atoms with E-state index < -0.39 is 0 Å². The molecule has 2 heterocycles. The van der Waals surface area contributed by atoms with Gasteiger partial charge in [0.15, 0.2) is 0 Å². The zero-order chi connectivity index (χ0) is 15.2. The predicted molar refractivity (Wildman–Crippen MR) is 102 cm³/mol. The highest BCUT2D eigenvalue weighted by atomic mass is 35.5. The third-order valence-corrected chi connectivity index (χ3v) is 5.34. The molecule has 4 nitrogen and oxygen atoms in total. The number of halogens is 2. The number of hydrogen-bond donors (Lipinski definition) is 1. The third kappa shape index (κ3) is 6.77. The third-order valence-electron chi connectivity index (χ3n) is 5.34. The van der Waals surface area contributed by atoms with Gasteiger partial charge in [-0.15, -0.1) is 24.8 Å². The van der Waals surface area contributed by atoms with Crippen LogP contribution in [0, 0.1) is 11.8 Å². The first-order valence-corrected chi connectivity index (χ1v) is 8.79. The number of nitrogens with zero attached hydrogens (tertiary/aromatic N) is 2. The van der Waals surface area contributed by atoms with Gasteiger partial charge in [0.1, 0.15) is 0 Å². The Kier molecular flexibility index (Phi) is 11.5. The summed E-state index contributed by atoms with van der Waals surface area (Å²) < 4.78 is 0. The highest BCUT2D eigenvalue weighted by molar-refractivity contribution is 5.85. The van der Waals surface area contributed by atoms with Crippen molar-refractivity contribution in [2.24, 2.45) is 11.8 Å². The van der Waals surface area contributed by atoms with Gasteiger partial charge >= 0.3 is 0 Å². The molecule has 138 valence electrons. The van der Waals surface area contributed by atoms with Crippen LogP contribution in [0.25, 0.3) is 0 Å². The predicted octanol–water partition coefficient (Wildman–Crippen LogP) is 2.80. The Morgan fingerprint density at radius 3 is 2.09 bits per heavy atom. The van der Waals surface area contributed by atoms with Crippen molar-refractivity contribution in [1.29, 1.82) is 0 Å². The summed E-state index contributed by atoms with van der Waals surface area (Å²) in [6.45, 7) is 9.75. The maximum Gasteiger partial charge on any atom is 0.225 e. The lowest BCUT2D eigenvalue weighted by atomic mass is 9.90. The average molecular weight is 368 g/mol. The molecule has 0 aliphatic carbocycles. The Morgan fingerprint density at radius 1 is 1.04 bits per heavy atom. The number of rotatable bonds is 5. The summed E-state index contributed by atoms with van der Waals surface area (Å²) in [5.74, 6) is 1.53. The molecular formula is C17H35Cl2N3O. The Bertz CT molecular complexity index is 326. The smallest absolute Gasteiger partial charge is 0.225 e. The van der Waals surface area contributed by atoms with E-state index in [0.29, 0.717) is 11.9 Å². The van der Waals surface area contributed by atoms with E-state index >= 15 is 0 Å². The van der Waals surface area contributed by atoms with E-state index in [9.17, 15) is 4.79 Å². The first-order valence-electron chi connectivity index (χ1n) is 8.79. The Balaban J connectivity index is 0.00000242. The first-order chi connectivity index (χ1) is 10.1. The van der Waals surface area contributed by atoms with Crippen LogP contribution in [-0.2, 0) is 4.79 Å². The molecule has 0 aromatic rings. The zero-order valence-electron chi connectivity index (χ0n) is 14.9. The molecule has 1 amide bonds. The van der Waals surface area contributed by atoms with E-state index in [-0.39, 0.29) is 30.7 Å². The van der Waals surface area contributed by atoms with E-state index in [2.05, 4.69) is 29.0 Å². The topological polar surface area (TPSA) is 35.6 Å². The molecule has 0 saturated carbocycles. The van der Waals surface area contributed by atoms with Crippen LogP contribution in [0.1, 0.15) is 46.0 Å². The van der Waals surface area contributed by atoms with Crippen LogP contribution in [0.5, 0.6) is 0 Å². The Morgan fingerprint density at radius 2 is 1.61 bits per heavy atom. The van der Waals surface area contributed by atoms with Gasteiger partial charge in [-0.05, 0) is 78.6 Å². The van der Waals surface area contributed by atoms with E-state index in [4.69, 9.17) is 0 Å². The number of hydrogen-bond acceptors (Lipinski definition) is 3. The molecule has 1 N–H and O–H groups in total. The minimum Gasteiger partial charge on any atom is -0.342 e. The monoisotopic (exact) mass is 367 g/mol. The standard InChI is InChI=1S/C17H33N3O.2ClH/c1-14(2)19-12-7-16(8-13-19)17(21)20-10-5-15(6-11-20)4-9-18-3;;/h14-16,18H,4-13H2,1-3H3;2*1H. The van der Waals surface area contributed by atoms with Gasteiger partial charge in [-0.3, -0.25) is 4.79 Å². The van der Waals surface area contributed by atoms with Crippen molar-refractivity contribution < 1.29 is 4.79 Å². The van der Waals surface area contributed by atoms with Crippen LogP contribution < -0.4 is 5.32 Å². The van der Waals surface area contributed by atoms with Gasteiger partial charge in [0.25, 0.3) is 0 Å². The van der Waals surface area contributed by atoms with Gasteiger partial charge in [0.2, 0.25) is 5.91 Å². The van der Waals surface area contributed by atoms with Gasteiger partial charge in [-0.25, -0.2) is 0 Å². The second-order valence-electron chi connectivity index (χ2n) is 7.06. The summed E-state index contributed by atoms with van der Waals surface area (Å²) in [6, 6.07) is 0.615. The SMILES string of the molecule is CNCCC1CCN(C(=O)C2CCN(C(C)C)CC2)CC1.Cl.Cl. The Hall–Kier alpha value is -0.0300. The molecule has 0 aromatic heterocycles. The van der Waals surface area contributed by atoms with Crippen molar-refractivity contribution in [3.05, 3.63) is 0 Å². The van der Waals surface area contributed by atoms with E-state index in [1.807, 2.05) is 7.05 Å². The number of likely N-dealkylation sites (tertiary alicyclic amines) is 2. The second kappa shape index (κ2) is 11.5. The van der Waals surface area contributed by atoms with Crippen LogP contribution >= 0.6 is 24.8 Å². The fraction of sp³-hybridized carbons (Fsp3) is 0.941. The number of piperidine rings is 2. The Labute approximate surface area is 154 Å². The van der Waals surface area contributed by atoms with Crippen LogP contribution in [0.2, 0.25) is 0 Å². The summed E-state index contributed by atoms with van der Waals surface area (Å²) in [5.41, 5.74) is 0. The van der Waals surface area contributed by atoms with Gasteiger partial charge in [0, 0.05) is 25.0 Å². The van der Waals surface area contributed by atoms with E-state index in [1.165, 1.54) is 19.3 Å². The molecule has 2 rings (SSSR count). The van der Waals surface area contributed by atoms with Crippen molar-refractivity contribution in [3.63, 3.8) is 0 Å². The second-order valence-corrected chi connectivity index (χ2v) is 7.06. The minimum atomic E-state index is 0. The van der Waals surface area contributed by atoms with Gasteiger partial charge in [0.05, 0.1) is 0 Å². The number of carbonyl (C=O) groups is 1. The van der Waals surface area contributed by atoms with Crippen LogP contribution in [-0.4, -0.2) is 61.5 Å². The minimum absolute atomic E-state index is 0. The fourth-order valence-electron chi connectivity index (χ4n) is 3.71. The quantitative estimate of drug-likeness (QED) is 0.811. The molecule has 0 aromatic carbocycles. The van der Waals surface area contributed by atoms with Crippen molar-refractivity contribution >= 4 is 30.7 Å². The molecular weight excluding hydrogens is 333 g/mol. The van der Waals surface area contributed by atoms with Crippen molar-refractivity contribution in [1.82, 2.24) is 15.1 Å². The molecule has 0 atom stereocenters. The summed E-state index contributed by atoms with van der Waals surface area (Å²) >= 11 is 0. The molecule has 0 bridgehead atoms. The molecule has 2 saturated heterocycles. The van der Waals surface area contributed by atoms with E-state index in [0.717, 1.165) is 51.5 Å². The van der Waals surface area contributed by atoms with Gasteiger partial charge in [-0.2, -0.15) is 0 Å².